The maximum Gasteiger partial charge on any atom is 0.335 e. The van der Waals surface area contributed by atoms with E-state index in [-0.39, 0.29) is 36.2 Å². The molecule has 28 atom stereocenters. The third-order valence-electron chi connectivity index (χ3n) is 20.7. The zero-order chi connectivity index (χ0) is 54.9. The van der Waals surface area contributed by atoms with Gasteiger partial charge in [-0.2, -0.15) is 0 Å². The number of esters is 1. The van der Waals surface area contributed by atoms with Gasteiger partial charge in [-0.1, -0.05) is 53.2 Å². The highest BCUT2D eigenvalue weighted by atomic mass is 16.8. The second kappa shape index (κ2) is 20.5. The van der Waals surface area contributed by atoms with Crippen LogP contribution < -0.4 is 0 Å². The Hall–Kier alpha value is -2.08. The predicted molar refractivity (Wildman–Crippen MR) is 253 cm³/mol. The van der Waals surface area contributed by atoms with Crippen LogP contribution in [0.1, 0.15) is 106 Å². The van der Waals surface area contributed by atoms with Crippen molar-refractivity contribution in [2.24, 2.45) is 50.2 Å². The molecule has 0 unspecified atom stereocenters. The molecule has 9 aliphatic rings. The minimum Gasteiger partial charge on any atom is -0.479 e. The van der Waals surface area contributed by atoms with Gasteiger partial charge < -0.3 is 104 Å². The number of carbonyl (C=O) groups is 2. The second-order valence-electron chi connectivity index (χ2n) is 25.4. The Balaban J connectivity index is 0.947. The Morgan fingerprint density at radius 3 is 1.89 bits per heavy atom. The Morgan fingerprint density at radius 2 is 1.23 bits per heavy atom. The molecule has 4 heterocycles. The van der Waals surface area contributed by atoms with E-state index in [2.05, 4.69) is 40.7 Å². The number of aliphatic carboxylic acids is 1. The topological polar surface area (TPSA) is 371 Å². The minimum atomic E-state index is -1.94. The van der Waals surface area contributed by atoms with Gasteiger partial charge >= 0.3 is 11.9 Å². The first-order valence-corrected chi connectivity index (χ1v) is 26.7. The summed E-state index contributed by atoms with van der Waals surface area (Å²) in [7, 11) is 0. The van der Waals surface area contributed by atoms with Gasteiger partial charge in [0.2, 0.25) is 6.29 Å². The number of carbonyl (C=O) groups excluding carboxylic acids is 1. The lowest BCUT2D eigenvalue weighted by Gasteiger charge is -2.71. The van der Waals surface area contributed by atoms with E-state index in [1.165, 1.54) is 6.92 Å². The second-order valence-corrected chi connectivity index (χ2v) is 25.4. The van der Waals surface area contributed by atoms with Crippen LogP contribution in [0.3, 0.4) is 0 Å². The number of allylic oxidation sites excluding steroid dienone is 2. The number of aliphatic hydroxyl groups excluding tert-OH is 12. The number of fused-ring (bicyclic) bond motifs is 7. The van der Waals surface area contributed by atoms with E-state index in [9.17, 15) is 71.2 Å². The molecule has 0 radical (unpaired) electrons. The van der Waals surface area contributed by atoms with E-state index in [1.807, 2.05) is 6.92 Å². The van der Waals surface area contributed by atoms with Crippen LogP contribution in [0.15, 0.2) is 11.6 Å². The molecule has 428 valence electrons. The maximum atomic E-state index is 15.3. The molecule has 8 fully saturated rings. The highest BCUT2D eigenvalue weighted by Crippen LogP contribution is 2.76. The summed E-state index contributed by atoms with van der Waals surface area (Å²) in [5.74, 6) is -2.76. The molecule has 5 aliphatic carbocycles. The summed E-state index contributed by atoms with van der Waals surface area (Å²) in [4.78, 5) is 27.2. The zero-order valence-corrected chi connectivity index (χ0v) is 43.7. The molecule has 4 saturated heterocycles. The van der Waals surface area contributed by atoms with Crippen molar-refractivity contribution in [2.75, 3.05) is 19.8 Å². The first-order valence-electron chi connectivity index (χ1n) is 26.7. The highest BCUT2D eigenvalue weighted by molar-refractivity contribution is 5.79. The van der Waals surface area contributed by atoms with Gasteiger partial charge in [-0.05, 0) is 104 Å². The van der Waals surface area contributed by atoms with E-state index in [0.717, 1.165) is 5.57 Å². The molecule has 0 amide bonds. The van der Waals surface area contributed by atoms with Gasteiger partial charge in [0.1, 0.15) is 67.1 Å². The predicted octanol–water partition coefficient (Wildman–Crippen LogP) is -1.69. The monoisotopic (exact) mass is 1070 g/mol. The fourth-order valence-electron chi connectivity index (χ4n) is 16.0. The van der Waals surface area contributed by atoms with Crippen LogP contribution in [0, 0.1) is 50.2 Å². The summed E-state index contributed by atoms with van der Waals surface area (Å²) in [6.07, 6.45) is -24.9. The number of carboxylic acids is 1. The fourth-order valence-corrected chi connectivity index (χ4v) is 16.0. The lowest BCUT2D eigenvalue weighted by atomic mass is 9.33. The van der Waals surface area contributed by atoms with Gasteiger partial charge in [0, 0.05) is 5.41 Å². The van der Waals surface area contributed by atoms with Crippen LogP contribution in [0.4, 0.5) is 0 Å². The summed E-state index contributed by atoms with van der Waals surface area (Å²) in [5, 5.41) is 140. The molecule has 9 rings (SSSR count). The average molecular weight is 1080 g/mol. The normalized spacial score (nSPS) is 54.8. The van der Waals surface area contributed by atoms with Gasteiger partial charge in [0.15, 0.2) is 31.1 Å². The average Bonchev–Trinajstić information content (AvgIpc) is 3.35. The molecular weight excluding hydrogens is 993 g/mol. The molecule has 23 heteroatoms. The third-order valence-corrected chi connectivity index (χ3v) is 20.7. The van der Waals surface area contributed by atoms with Gasteiger partial charge in [-0.25, -0.2) is 4.79 Å². The van der Waals surface area contributed by atoms with E-state index < -0.39 is 175 Å². The Bertz CT molecular complexity index is 2130. The Kier molecular flexibility index (Phi) is 15.7. The van der Waals surface area contributed by atoms with Crippen molar-refractivity contribution in [3.63, 3.8) is 0 Å². The maximum absolute atomic E-state index is 15.3. The number of aliphatic hydroxyl groups is 12. The summed E-state index contributed by atoms with van der Waals surface area (Å²) in [6.45, 7) is 13.1. The quantitative estimate of drug-likeness (QED) is 0.0659. The molecule has 0 aromatic rings. The van der Waals surface area contributed by atoms with E-state index in [4.69, 9.17) is 37.9 Å². The first kappa shape index (κ1) is 57.6. The van der Waals surface area contributed by atoms with Gasteiger partial charge in [-0.3, -0.25) is 4.79 Å². The summed E-state index contributed by atoms with van der Waals surface area (Å²) < 4.78 is 47.0. The molecule has 23 nitrogen and oxygen atoms in total. The van der Waals surface area contributed by atoms with Crippen LogP contribution >= 0.6 is 0 Å². The van der Waals surface area contributed by atoms with Gasteiger partial charge in [0.05, 0.1) is 43.5 Å². The number of hydrogen-bond donors (Lipinski definition) is 13. The van der Waals surface area contributed by atoms with Crippen LogP contribution in [0.5, 0.6) is 0 Å². The molecule has 13 N–H and O–H groups in total. The van der Waals surface area contributed by atoms with E-state index >= 15 is 4.79 Å². The first-order chi connectivity index (χ1) is 35.0. The number of hydrogen-bond acceptors (Lipinski definition) is 22. The van der Waals surface area contributed by atoms with Crippen LogP contribution in [-0.2, 0) is 47.5 Å². The molecule has 0 aromatic heterocycles. The lowest BCUT2D eigenvalue weighted by Crippen LogP contribution is -2.69. The summed E-state index contributed by atoms with van der Waals surface area (Å²) in [5.41, 5.74) is -2.70. The van der Waals surface area contributed by atoms with E-state index in [0.29, 0.717) is 51.4 Å². The lowest BCUT2D eigenvalue weighted by molar-refractivity contribution is -0.368. The Morgan fingerprint density at radius 1 is 0.627 bits per heavy atom. The van der Waals surface area contributed by atoms with E-state index in [1.54, 1.807) is 0 Å². The number of ether oxygens (including phenoxy) is 8. The van der Waals surface area contributed by atoms with Crippen LogP contribution in [-0.4, -0.2) is 221 Å². The van der Waals surface area contributed by atoms with Crippen molar-refractivity contribution in [3.8, 4) is 0 Å². The van der Waals surface area contributed by atoms with Crippen molar-refractivity contribution < 1.29 is 114 Å². The smallest absolute Gasteiger partial charge is 0.335 e. The highest BCUT2D eigenvalue weighted by Gasteiger charge is 2.72. The van der Waals surface area contributed by atoms with Crippen molar-refractivity contribution in [1.82, 2.24) is 0 Å². The fraction of sp³-hybridized carbons (Fsp3) is 0.923. The zero-order valence-electron chi connectivity index (χ0n) is 43.7. The molecule has 4 aliphatic heterocycles. The standard InChI is InChI=1S/C52H82O23/c1-21-37(71-42-34(62)29(57)25(55)18-68-42)33(61)36(64)43(70-21)73-39-30(58)26(56)19-69-45(39)75-46(67)52-14-12-47(2,3)16-23(52)22-8-9-28-48(4)17-24(54)40(74-44-35(63)31(59)32(60)38(72-44)41(65)66)49(5,20-53)27(48)10-11-51(28,7)50(22,6)13-15-52/h8,21,23-40,42-45,53-64H,9-20H2,1-7H3,(H,65,66)/t21-,23-,24-,25+,26-,27+,28+,29-,30-,31-,32-,33-,34+,35+,36+,37-,38-,39+,40-,42-,43-,44-,45-,48-,49-,50+,51+,52-/m0/s1. The minimum absolute atomic E-state index is 0.0455. The molecule has 4 saturated carbocycles. The largest absolute Gasteiger partial charge is 0.479 e. The van der Waals surface area contributed by atoms with Gasteiger partial charge in [0.25, 0.3) is 0 Å². The SMILES string of the molecule is C[C@@H]1O[C@@H](O[C@H]2[C@H](OC(=O)[C@]34CCC(C)(C)C[C@H]3C3=CC[C@@H]5[C@@]6(C)C[C@H](O)[C@H](O[C@@H]7O[C@H](C(=O)O)[C@@H](O)[C@H](O)[C@H]7O)[C@@](C)(CO)[C@@H]6CC[C@@]5(C)[C@]3(C)CC4)OC[C@H](O)[C@@H]2O)[C@H](O)[C@H](O)[C@H]1O[C@@H]1OC[C@@H](O)[C@H](O)[C@H]1O. The van der Waals surface area contributed by atoms with Crippen molar-refractivity contribution in [3.05, 3.63) is 11.6 Å². The third kappa shape index (κ3) is 9.25. The Labute approximate surface area is 435 Å². The molecular formula is C52H82O23. The number of carboxylic acid groups (broad SMARTS) is 1. The molecule has 0 bridgehead atoms. The van der Waals surface area contributed by atoms with Gasteiger partial charge in [-0.15, -0.1) is 0 Å². The van der Waals surface area contributed by atoms with Crippen LogP contribution in [0.2, 0.25) is 0 Å². The molecule has 75 heavy (non-hydrogen) atoms. The molecule has 0 spiro atoms. The van der Waals surface area contributed by atoms with Crippen molar-refractivity contribution >= 4 is 11.9 Å². The summed E-state index contributed by atoms with van der Waals surface area (Å²) in [6, 6.07) is 0. The molecule has 0 aromatic carbocycles. The number of rotatable bonds is 10. The van der Waals surface area contributed by atoms with Crippen molar-refractivity contribution in [1.29, 1.82) is 0 Å². The summed E-state index contributed by atoms with van der Waals surface area (Å²) >= 11 is 0. The van der Waals surface area contributed by atoms with Crippen LogP contribution in [0.25, 0.3) is 0 Å². The van der Waals surface area contributed by atoms with Crippen molar-refractivity contribution in [2.45, 2.75) is 229 Å².